The van der Waals surface area contributed by atoms with Crippen molar-refractivity contribution in [2.75, 3.05) is 17.7 Å². The lowest BCUT2D eigenvalue weighted by Crippen LogP contribution is -2.34. The van der Waals surface area contributed by atoms with Gasteiger partial charge in [-0.15, -0.1) is 12.4 Å². The molecule has 0 aromatic heterocycles. The fourth-order valence-corrected chi connectivity index (χ4v) is 2.60. The highest BCUT2D eigenvalue weighted by Gasteiger charge is 2.11. The van der Waals surface area contributed by atoms with Crippen LogP contribution in [-0.4, -0.2) is 32.4 Å². The molecule has 0 spiro atoms. The summed E-state index contributed by atoms with van der Waals surface area (Å²) in [5, 5.41) is 2.80. The van der Waals surface area contributed by atoms with Crippen LogP contribution >= 0.6 is 12.4 Å². The van der Waals surface area contributed by atoms with Gasteiger partial charge < -0.3 is 11.1 Å². The number of carbonyl (C=O) groups is 1. The Morgan fingerprint density at radius 3 is 2.52 bits per heavy atom. The summed E-state index contributed by atoms with van der Waals surface area (Å²) in [6, 6.07) is 7.30. The molecule has 1 aromatic rings. The molecule has 1 rings (SSSR count). The molecule has 21 heavy (non-hydrogen) atoms. The van der Waals surface area contributed by atoms with Crippen LogP contribution < -0.4 is 11.1 Å². The van der Waals surface area contributed by atoms with Crippen LogP contribution in [0.25, 0.3) is 0 Å². The first-order chi connectivity index (χ1) is 9.28. The number of halogens is 1. The van der Waals surface area contributed by atoms with Gasteiger partial charge >= 0.3 is 0 Å². The number of nitrogen functional groups attached to an aromatic ring is 1. The van der Waals surface area contributed by atoms with E-state index in [-0.39, 0.29) is 30.1 Å². The minimum absolute atomic E-state index is 0. The van der Waals surface area contributed by atoms with Gasteiger partial charge in [0, 0.05) is 24.4 Å². The maximum absolute atomic E-state index is 11.8. The first kappa shape index (κ1) is 19.7. The van der Waals surface area contributed by atoms with Crippen molar-refractivity contribution in [3.8, 4) is 0 Å². The van der Waals surface area contributed by atoms with E-state index in [1.165, 1.54) is 6.26 Å². The molecular formula is C14H23ClN2O3S. The van der Waals surface area contributed by atoms with Crippen LogP contribution in [0.1, 0.15) is 25.3 Å². The van der Waals surface area contributed by atoms with E-state index in [0.717, 1.165) is 5.56 Å². The SMILES string of the molecule is CC(CCS(C)(=O)=O)NC(=O)CCc1ccccc1N.Cl. The maximum atomic E-state index is 11.8. The van der Waals surface area contributed by atoms with E-state index in [0.29, 0.717) is 24.9 Å². The van der Waals surface area contributed by atoms with E-state index in [1.54, 1.807) is 6.92 Å². The number of hydrogen-bond donors (Lipinski definition) is 2. The number of aryl methyl sites for hydroxylation is 1. The molecule has 0 saturated heterocycles. The second kappa shape index (κ2) is 8.89. The van der Waals surface area contributed by atoms with Gasteiger partial charge in [0.1, 0.15) is 9.84 Å². The zero-order chi connectivity index (χ0) is 15.2. The monoisotopic (exact) mass is 334 g/mol. The quantitative estimate of drug-likeness (QED) is 0.740. The largest absolute Gasteiger partial charge is 0.399 e. The lowest BCUT2D eigenvalue weighted by molar-refractivity contribution is -0.121. The lowest BCUT2D eigenvalue weighted by atomic mass is 10.1. The molecule has 1 amide bonds. The average molecular weight is 335 g/mol. The Hall–Kier alpha value is -1.27. The molecule has 0 aliphatic rings. The van der Waals surface area contributed by atoms with Gasteiger partial charge in [-0.3, -0.25) is 4.79 Å². The summed E-state index contributed by atoms with van der Waals surface area (Å²) in [4.78, 5) is 11.8. The summed E-state index contributed by atoms with van der Waals surface area (Å²) >= 11 is 0. The number of nitrogens with two attached hydrogens (primary N) is 1. The van der Waals surface area contributed by atoms with Gasteiger partial charge in [0.15, 0.2) is 0 Å². The predicted molar refractivity (Wildman–Crippen MR) is 88.4 cm³/mol. The fourth-order valence-electron chi connectivity index (χ4n) is 1.82. The van der Waals surface area contributed by atoms with Crippen molar-refractivity contribution in [2.24, 2.45) is 0 Å². The molecule has 0 fully saturated rings. The fraction of sp³-hybridized carbons (Fsp3) is 0.500. The Morgan fingerprint density at radius 2 is 1.95 bits per heavy atom. The van der Waals surface area contributed by atoms with E-state index in [2.05, 4.69) is 5.32 Å². The molecular weight excluding hydrogens is 312 g/mol. The van der Waals surface area contributed by atoms with Gasteiger partial charge in [-0.2, -0.15) is 0 Å². The Morgan fingerprint density at radius 1 is 1.33 bits per heavy atom. The number of hydrogen-bond acceptors (Lipinski definition) is 4. The first-order valence-corrected chi connectivity index (χ1v) is 8.64. The maximum Gasteiger partial charge on any atom is 0.220 e. The number of nitrogens with one attached hydrogen (secondary N) is 1. The molecule has 1 aromatic carbocycles. The van der Waals surface area contributed by atoms with Gasteiger partial charge in [0.25, 0.3) is 0 Å². The average Bonchev–Trinajstić information content (AvgIpc) is 2.35. The molecule has 1 atom stereocenters. The van der Waals surface area contributed by atoms with Crippen LogP contribution in [0.3, 0.4) is 0 Å². The molecule has 0 radical (unpaired) electrons. The van der Waals surface area contributed by atoms with E-state index in [4.69, 9.17) is 5.73 Å². The second-order valence-electron chi connectivity index (χ2n) is 5.09. The molecule has 0 heterocycles. The normalized spacial score (nSPS) is 12.3. The number of para-hydroxylation sites is 1. The summed E-state index contributed by atoms with van der Waals surface area (Å²) in [6.45, 7) is 1.81. The highest BCUT2D eigenvalue weighted by atomic mass is 35.5. The number of benzene rings is 1. The highest BCUT2D eigenvalue weighted by molar-refractivity contribution is 7.90. The van der Waals surface area contributed by atoms with Crippen LogP contribution in [0.2, 0.25) is 0 Å². The van der Waals surface area contributed by atoms with Crippen LogP contribution in [-0.2, 0) is 21.1 Å². The Labute approximate surface area is 132 Å². The number of sulfone groups is 1. The van der Waals surface area contributed by atoms with Gasteiger partial charge in [0.05, 0.1) is 5.75 Å². The minimum Gasteiger partial charge on any atom is -0.399 e. The molecule has 0 aliphatic carbocycles. The summed E-state index contributed by atoms with van der Waals surface area (Å²) in [7, 11) is -2.98. The number of anilines is 1. The van der Waals surface area contributed by atoms with Gasteiger partial charge in [-0.1, -0.05) is 18.2 Å². The second-order valence-corrected chi connectivity index (χ2v) is 7.35. The van der Waals surface area contributed by atoms with Crippen LogP contribution in [0.4, 0.5) is 5.69 Å². The lowest BCUT2D eigenvalue weighted by Gasteiger charge is -2.13. The molecule has 0 aliphatic heterocycles. The van der Waals surface area contributed by atoms with Gasteiger partial charge in [-0.25, -0.2) is 8.42 Å². The first-order valence-electron chi connectivity index (χ1n) is 6.58. The zero-order valence-corrected chi connectivity index (χ0v) is 14.0. The number of rotatable bonds is 7. The Kier molecular flexibility index (Phi) is 8.36. The van der Waals surface area contributed by atoms with E-state index in [1.807, 2.05) is 24.3 Å². The van der Waals surface area contributed by atoms with E-state index < -0.39 is 9.84 Å². The highest BCUT2D eigenvalue weighted by Crippen LogP contribution is 2.12. The van der Waals surface area contributed by atoms with Crippen molar-refractivity contribution in [1.29, 1.82) is 0 Å². The minimum atomic E-state index is -2.98. The number of carbonyl (C=O) groups excluding carboxylic acids is 1. The summed E-state index contributed by atoms with van der Waals surface area (Å²) in [6.07, 6.45) is 2.55. The van der Waals surface area contributed by atoms with Crippen molar-refractivity contribution in [2.45, 2.75) is 32.2 Å². The molecule has 120 valence electrons. The molecule has 3 N–H and O–H groups in total. The third-order valence-electron chi connectivity index (χ3n) is 3.01. The van der Waals surface area contributed by atoms with Crippen LogP contribution in [0, 0.1) is 0 Å². The van der Waals surface area contributed by atoms with Crippen molar-refractivity contribution >= 4 is 33.8 Å². The summed E-state index contributed by atoms with van der Waals surface area (Å²) in [5.74, 6) is -0.00524. The molecule has 0 saturated carbocycles. The predicted octanol–water partition coefficient (Wildman–Crippen LogP) is 1.56. The van der Waals surface area contributed by atoms with E-state index in [9.17, 15) is 13.2 Å². The summed E-state index contributed by atoms with van der Waals surface area (Å²) in [5.41, 5.74) is 7.44. The smallest absolute Gasteiger partial charge is 0.220 e. The Bertz CT molecular complexity index is 561. The van der Waals surface area contributed by atoms with Crippen molar-refractivity contribution in [3.63, 3.8) is 0 Å². The molecule has 5 nitrogen and oxygen atoms in total. The zero-order valence-electron chi connectivity index (χ0n) is 12.3. The third-order valence-corrected chi connectivity index (χ3v) is 3.98. The van der Waals surface area contributed by atoms with Crippen molar-refractivity contribution < 1.29 is 13.2 Å². The molecule has 1 unspecified atom stereocenters. The molecule has 0 bridgehead atoms. The van der Waals surface area contributed by atoms with Gasteiger partial charge in [-0.05, 0) is 31.4 Å². The topological polar surface area (TPSA) is 89.3 Å². The van der Waals surface area contributed by atoms with Crippen molar-refractivity contribution in [3.05, 3.63) is 29.8 Å². The van der Waals surface area contributed by atoms with E-state index >= 15 is 0 Å². The van der Waals surface area contributed by atoms with Gasteiger partial charge in [0.2, 0.25) is 5.91 Å². The Balaban J connectivity index is 0.00000400. The standard InChI is InChI=1S/C14H22N2O3S.ClH/c1-11(9-10-20(2,18)19)16-14(17)8-7-12-5-3-4-6-13(12)15;/h3-6,11H,7-10,15H2,1-2H3,(H,16,17);1H. The number of amides is 1. The van der Waals surface area contributed by atoms with Crippen LogP contribution in [0.5, 0.6) is 0 Å². The third kappa shape index (κ3) is 8.57. The summed E-state index contributed by atoms with van der Waals surface area (Å²) < 4.78 is 22.1. The molecule has 7 heteroatoms. The van der Waals surface area contributed by atoms with Crippen molar-refractivity contribution in [1.82, 2.24) is 5.32 Å². The van der Waals surface area contributed by atoms with Crippen LogP contribution in [0.15, 0.2) is 24.3 Å².